The van der Waals surface area contributed by atoms with Crippen molar-refractivity contribution in [2.75, 3.05) is 19.7 Å². The van der Waals surface area contributed by atoms with E-state index in [1.54, 1.807) is 0 Å². The van der Waals surface area contributed by atoms with Gasteiger partial charge in [-0.25, -0.2) is 0 Å². The Bertz CT molecular complexity index is 891. The number of rotatable bonds is 6. The lowest BCUT2D eigenvalue weighted by atomic mass is 9.98. The molecule has 2 aliphatic rings. The molecular formula is C24H28N2O3. The van der Waals surface area contributed by atoms with Crippen LogP contribution in [0.3, 0.4) is 0 Å². The van der Waals surface area contributed by atoms with Crippen molar-refractivity contribution in [2.24, 2.45) is 5.92 Å². The number of para-hydroxylation sites is 1. The first-order valence-electron chi connectivity index (χ1n) is 10.5. The van der Waals surface area contributed by atoms with Gasteiger partial charge in [-0.3, -0.25) is 9.59 Å². The molecular weight excluding hydrogens is 364 g/mol. The summed E-state index contributed by atoms with van der Waals surface area (Å²) >= 11 is 0. The van der Waals surface area contributed by atoms with Crippen LogP contribution < -0.4 is 10.1 Å². The van der Waals surface area contributed by atoms with Crippen LogP contribution >= 0.6 is 0 Å². The largest absolute Gasteiger partial charge is 0.492 e. The Hall–Kier alpha value is -2.82. The van der Waals surface area contributed by atoms with Gasteiger partial charge in [0.2, 0.25) is 0 Å². The summed E-state index contributed by atoms with van der Waals surface area (Å²) in [6, 6.07) is 15.5. The molecule has 2 amide bonds. The predicted octanol–water partition coefficient (Wildman–Crippen LogP) is 3.82. The van der Waals surface area contributed by atoms with E-state index in [2.05, 4.69) is 5.32 Å². The highest BCUT2D eigenvalue weighted by Gasteiger charge is 2.27. The van der Waals surface area contributed by atoms with Crippen molar-refractivity contribution in [3.63, 3.8) is 0 Å². The molecule has 2 fully saturated rings. The molecule has 1 saturated carbocycles. The molecule has 29 heavy (non-hydrogen) atoms. The summed E-state index contributed by atoms with van der Waals surface area (Å²) in [4.78, 5) is 27.2. The number of carbonyl (C=O) groups is 2. The molecule has 0 spiro atoms. The van der Waals surface area contributed by atoms with Gasteiger partial charge in [-0.15, -0.1) is 0 Å². The zero-order valence-electron chi connectivity index (χ0n) is 16.9. The fourth-order valence-electron chi connectivity index (χ4n) is 3.82. The molecule has 1 atom stereocenters. The van der Waals surface area contributed by atoms with Gasteiger partial charge < -0.3 is 15.0 Å². The van der Waals surface area contributed by atoms with E-state index in [4.69, 9.17) is 4.74 Å². The third-order valence-electron chi connectivity index (χ3n) is 5.59. The molecule has 0 bridgehead atoms. The van der Waals surface area contributed by atoms with Crippen LogP contribution in [0.2, 0.25) is 0 Å². The molecule has 1 aliphatic carbocycles. The van der Waals surface area contributed by atoms with Gasteiger partial charge in [0, 0.05) is 30.6 Å². The van der Waals surface area contributed by atoms with Gasteiger partial charge in [-0.1, -0.05) is 29.8 Å². The topological polar surface area (TPSA) is 58.6 Å². The van der Waals surface area contributed by atoms with Gasteiger partial charge >= 0.3 is 0 Å². The Morgan fingerprint density at radius 3 is 2.72 bits per heavy atom. The van der Waals surface area contributed by atoms with Crippen LogP contribution in [0.4, 0.5) is 0 Å². The third-order valence-corrected chi connectivity index (χ3v) is 5.59. The van der Waals surface area contributed by atoms with Crippen LogP contribution in [0.5, 0.6) is 5.75 Å². The standard InChI is InChI=1S/C24H28N2O3/c1-17-6-4-8-19(14-17)24(28)26-13-5-7-18(15-26)16-29-22-10-3-2-9-21(22)23(27)25-20-11-12-20/h2-4,6,8-10,14,18,20H,5,7,11-13,15-16H2,1H3,(H,25,27). The van der Waals surface area contributed by atoms with Crippen LogP contribution in [0, 0.1) is 12.8 Å². The summed E-state index contributed by atoms with van der Waals surface area (Å²) in [6.45, 7) is 3.97. The zero-order valence-corrected chi connectivity index (χ0v) is 16.9. The van der Waals surface area contributed by atoms with Gasteiger partial charge in [0.05, 0.1) is 12.2 Å². The Labute approximate surface area is 172 Å². The lowest BCUT2D eigenvalue weighted by Gasteiger charge is -2.33. The van der Waals surface area contributed by atoms with E-state index < -0.39 is 0 Å². The van der Waals surface area contributed by atoms with Crippen molar-refractivity contribution in [1.29, 1.82) is 0 Å². The lowest BCUT2D eigenvalue weighted by Crippen LogP contribution is -2.41. The molecule has 0 aromatic heterocycles. The molecule has 1 aliphatic heterocycles. The highest BCUT2D eigenvalue weighted by atomic mass is 16.5. The van der Waals surface area contributed by atoms with Crippen molar-refractivity contribution in [2.45, 2.75) is 38.6 Å². The Balaban J connectivity index is 1.36. The minimum absolute atomic E-state index is 0.0667. The van der Waals surface area contributed by atoms with E-state index in [1.807, 2.05) is 60.4 Å². The molecule has 152 valence electrons. The molecule has 1 heterocycles. The first-order valence-corrected chi connectivity index (χ1v) is 10.5. The molecule has 1 unspecified atom stereocenters. The van der Waals surface area contributed by atoms with Crippen molar-refractivity contribution in [1.82, 2.24) is 10.2 Å². The molecule has 0 radical (unpaired) electrons. The molecule has 5 heteroatoms. The number of aryl methyl sites for hydroxylation is 1. The Kier molecular flexibility index (Phi) is 5.84. The first-order chi connectivity index (χ1) is 14.1. The average Bonchev–Trinajstić information content (AvgIpc) is 3.56. The summed E-state index contributed by atoms with van der Waals surface area (Å²) < 4.78 is 6.05. The lowest BCUT2D eigenvalue weighted by molar-refractivity contribution is 0.0633. The number of hydrogen-bond acceptors (Lipinski definition) is 3. The Morgan fingerprint density at radius 1 is 1.10 bits per heavy atom. The average molecular weight is 392 g/mol. The third kappa shape index (κ3) is 4.97. The number of amides is 2. The number of hydrogen-bond donors (Lipinski definition) is 1. The number of nitrogens with zero attached hydrogens (tertiary/aromatic N) is 1. The monoisotopic (exact) mass is 392 g/mol. The molecule has 2 aromatic rings. The highest BCUT2D eigenvalue weighted by molar-refractivity contribution is 5.97. The number of nitrogens with one attached hydrogen (secondary N) is 1. The predicted molar refractivity (Wildman–Crippen MR) is 112 cm³/mol. The van der Waals surface area contributed by atoms with Crippen molar-refractivity contribution in [3.05, 3.63) is 65.2 Å². The van der Waals surface area contributed by atoms with Crippen LogP contribution in [0.15, 0.2) is 48.5 Å². The maximum absolute atomic E-state index is 12.9. The fraction of sp³-hybridized carbons (Fsp3) is 0.417. The van der Waals surface area contributed by atoms with Crippen LogP contribution in [-0.4, -0.2) is 42.5 Å². The first kappa shape index (κ1) is 19.5. The van der Waals surface area contributed by atoms with Gasteiger partial charge in [-0.05, 0) is 56.9 Å². The maximum atomic E-state index is 12.9. The number of ether oxygens (including phenoxy) is 1. The van der Waals surface area contributed by atoms with Crippen LogP contribution in [-0.2, 0) is 0 Å². The second-order valence-electron chi connectivity index (χ2n) is 8.18. The number of likely N-dealkylation sites (tertiary alicyclic amines) is 1. The van der Waals surface area contributed by atoms with Gasteiger partial charge in [0.25, 0.3) is 11.8 Å². The van der Waals surface area contributed by atoms with Crippen LogP contribution in [0.1, 0.15) is 52.0 Å². The normalized spacial score (nSPS) is 18.9. The molecule has 1 N–H and O–H groups in total. The van der Waals surface area contributed by atoms with E-state index in [9.17, 15) is 9.59 Å². The number of piperidine rings is 1. The van der Waals surface area contributed by atoms with E-state index in [0.29, 0.717) is 30.5 Å². The smallest absolute Gasteiger partial charge is 0.255 e. The van der Waals surface area contributed by atoms with Crippen LogP contribution in [0.25, 0.3) is 0 Å². The molecule has 5 nitrogen and oxygen atoms in total. The second kappa shape index (κ2) is 8.68. The van der Waals surface area contributed by atoms with Crippen molar-refractivity contribution in [3.8, 4) is 5.75 Å². The SMILES string of the molecule is Cc1cccc(C(=O)N2CCCC(COc3ccccc3C(=O)NC3CC3)C2)c1. The fourth-order valence-corrected chi connectivity index (χ4v) is 3.82. The van der Waals surface area contributed by atoms with Crippen molar-refractivity contribution < 1.29 is 14.3 Å². The Morgan fingerprint density at radius 2 is 1.93 bits per heavy atom. The van der Waals surface area contributed by atoms with Crippen molar-refractivity contribution >= 4 is 11.8 Å². The van der Waals surface area contributed by atoms with E-state index in [0.717, 1.165) is 43.4 Å². The summed E-state index contributed by atoms with van der Waals surface area (Å²) in [5.41, 5.74) is 2.42. The highest BCUT2D eigenvalue weighted by Crippen LogP contribution is 2.25. The van der Waals surface area contributed by atoms with Gasteiger partial charge in [-0.2, -0.15) is 0 Å². The molecule has 4 rings (SSSR count). The second-order valence-corrected chi connectivity index (χ2v) is 8.18. The summed E-state index contributed by atoms with van der Waals surface area (Å²) in [7, 11) is 0. The van der Waals surface area contributed by atoms with E-state index in [1.165, 1.54) is 0 Å². The summed E-state index contributed by atoms with van der Waals surface area (Å²) in [5.74, 6) is 0.899. The number of carbonyl (C=O) groups excluding carboxylic acids is 2. The summed E-state index contributed by atoms with van der Waals surface area (Å²) in [5, 5.41) is 3.02. The summed E-state index contributed by atoms with van der Waals surface area (Å²) in [6.07, 6.45) is 4.10. The molecule has 1 saturated heterocycles. The van der Waals surface area contributed by atoms with E-state index in [-0.39, 0.29) is 17.7 Å². The quantitative estimate of drug-likeness (QED) is 0.813. The van der Waals surface area contributed by atoms with E-state index >= 15 is 0 Å². The minimum Gasteiger partial charge on any atom is -0.492 e. The van der Waals surface area contributed by atoms with Gasteiger partial charge in [0.1, 0.15) is 5.75 Å². The van der Waals surface area contributed by atoms with Gasteiger partial charge in [0.15, 0.2) is 0 Å². The molecule has 2 aromatic carbocycles. The maximum Gasteiger partial charge on any atom is 0.255 e. The minimum atomic E-state index is -0.0667. The zero-order chi connectivity index (χ0) is 20.2. The number of benzene rings is 2.